The van der Waals surface area contributed by atoms with Crippen LogP contribution in [0, 0.1) is 11.8 Å². The summed E-state index contributed by atoms with van der Waals surface area (Å²) < 4.78 is 27.1. The summed E-state index contributed by atoms with van der Waals surface area (Å²) in [5.74, 6) is 1.42. The molecule has 2 rings (SSSR count). The lowest BCUT2D eigenvalue weighted by atomic mass is 9.88. The maximum absolute atomic E-state index is 12.1. The molecule has 0 radical (unpaired) electrons. The van der Waals surface area contributed by atoms with Crippen molar-refractivity contribution in [3.05, 3.63) is 0 Å². The highest BCUT2D eigenvalue weighted by molar-refractivity contribution is 7.89. The van der Waals surface area contributed by atoms with Gasteiger partial charge >= 0.3 is 0 Å². The molecule has 1 aliphatic carbocycles. The van der Waals surface area contributed by atoms with Gasteiger partial charge < -0.3 is 5.32 Å². The number of hydrogen-bond acceptors (Lipinski definition) is 3. The van der Waals surface area contributed by atoms with Gasteiger partial charge in [-0.05, 0) is 63.5 Å². The maximum atomic E-state index is 12.1. The highest BCUT2D eigenvalue weighted by atomic mass is 32.2. The molecule has 0 unspecified atom stereocenters. The van der Waals surface area contributed by atoms with Crippen LogP contribution < -0.4 is 10.0 Å². The smallest absolute Gasteiger partial charge is 0.212 e. The van der Waals surface area contributed by atoms with Crippen LogP contribution in [0.5, 0.6) is 0 Å². The van der Waals surface area contributed by atoms with E-state index in [9.17, 15) is 8.42 Å². The molecular weight excluding hydrogens is 248 g/mol. The number of hydrogen-bond donors (Lipinski definition) is 2. The van der Waals surface area contributed by atoms with Crippen LogP contribution >= 0.6 is 0 Å². The fourth-order valence-electron chi connectivity index (χ4n) is 3.04. The quantitative estimate of drug-likeness (QED) is 0.816. The Balaban J connectivity index is 1.79. The van der Waals surface area contributed by atoms with Crippen LogP contribution in [0.1, 0.15) is 45.4 Å². The molecule has 0 spiro atoms. The van der Waals surface area contributed by atoms with Crippen molar-refractivity contribution in [2.75, 3.05) is 18.8 Å². The molecule has 1 saturated carbocycles. The number of nitrogens with one attached hydrogen (secondary N) is 2. The molecule has 106 valence electrons. The summed E-state index contributed by atoms with van der Waals surface area (Å²) in [6.07, 6.45) is 6.30. The van der Waals surface area contributed by atoms with Crippen molar-refractivity contribution in [1.82, 2.24) is 10.0 Å². The molecule has 0 aromatic heterocycles. The monoisotopic (exact) mass is 274 g/mol. The summed E-state index contributed by atoms with van der Waals surface area (Å²) in [4.78, 5) is 0. The van der Waals surface area contributed by atoms with E-state index in [2.05, 4.69) is 17.0 Å². The van der Waals surface area contributed by atoms with E-state index >= 15 is 0 Å². The fourth-order valence-corrected chi connectivity index (χ4v) is 4.83. The Hall–Kier alpha value is -0.130. The van der Waals surface area contributed by atoms with E-state index in [1.54, 1.807) is 0 Å². The molecule has 4 nitrogen and oxygen atoms in total. The molecule has 0 bridgehead atoms. The molecule has 2 fully saturated rings. The average molecular weight is 274 g/mol. The van der Waals surface area contributed by atoms with Gasteiger partial charge in [0.15, 0.2) is 0 Å². The average Bonchev–Trinajstić information content (AvgIpc) is 2.32. The summed E-state index contributed by atoms with van der Waals surface area (Å²) in [6.45, 7) is 4.17. The molecule has 1 saturated heterocycles. The van der Waals surface area contributed by atoms with Crippen LogP contribution in [0.25, 0.3) is 0 Å². The van der Waals surface area contributed by atoms with E-state index in [-0.39, 0.29) is 6.04 Å². The van der Waals surface area contributed by atoms with E-state index in [1.807, 2.05) is 0 Å². The Morgan fingerprint density at radius 3 is 2.28 bits per heavy atom. The summed E-state index contributed by atoms with van der Waals surface area (Å²) >= 11 is 0. The zero-order chi connectivity index (χ0) is 13.0. The van der Waals surface area contributed by atoms with Gasteiger partial charge in [-0.1, -0.05) is 6.92 Å². The van der Waals surface area contributed by atoms with Crippen LogP contribution in [-0.2, 0) is 10.0 Å². The SMILES string of the molecule is CC1CCC(NS(=O)(=O)CC2CCNCC2)CC1. The third-order valence-corrected chi connectivity index (χ3v) is 5.88. The predicted molar refractivity (Wildman–Crippen MR) is 73.9 cm³/mol. The lowest BCUT2D eigenvalue weighted by Crippen LogP contribution is -2.41. The van der Waals surface area contributed by atoms with Gasteiger partial charge in [-0.3, -0.25) is 0 Å². The molecule has 1 aliphatic heterocycles. The van der Waals surface area contributed by atoms with Crippen LogP contribution in [-0.4, -0.2) is 33.3 Å². The van der Waals surface area contributed by atoms with Crippen molar-refractivity contribution < 1.29 is 8.42 Å². The first kappa shape index (κ1) is 14.3. The topological polar surface area (TPSA) is 58.2 Å². The third kappa shape index (κ3) is 4.52. The molecule has 5 heteroatoms. The molecule has 18 heavy (non-hydrogen) atoms. The van der Waals surface area contributed by atoms with Crippen molar-refractivity contribution >= 4 is 10.0 Å². The van der Waals surface area contributed by atoms with E-state index in [0.717, 1.165) is 57.5 Å². The number of sulfonamides is 1. The second-order valence-electron chi connectivity index (χ2n) is 6.05. The van der Waals surface area contributed by atoms with Crippen LogP contribution in [0.2, 0.25) is 0 Å². The number of piperidine rings is 1. The Labute approximate surface area is 111 Å². The molecule has 0 atom stereocenters. The van der Waals surface area contributed by atoms with Gasteiger partial charge in [0.1, 0.15) is 0 Å². The van der Waals surface area contributed by atoms with Gasteiger partial charge in [0.05, 0.1) is 5.75 Å². The highest BCUT2D eigenvalue weighted by Gasteiger charge is 2.26. The molecule has 2 aliphatic rings. The minimum absolute atomic E-state index is 0.188. The van der Waals surface area contributed by atoms with Crippen molar-refractivity contribution in [2.45, 2.75) is 51.5 Å². The molecule has 0 aromatic rings. The first-order valence-electron chi connectivity index (χ1n) is 7.26. The van der Waals surface area contributed by atoms with Gasteiger partial charge in [0.25, 0.3) is 0 Å². The molecule has 0 aromatic carbocycles. The molecular formula is C13H26N2O2S. The first-order valence-corrected chi connectivity index (χ1v) is 8.91. The Bertz CT molecular complexity index is 342. The lowest BCUT2D eigenvalue weighted by molar-refractivity contribution is 0.330. The van der Waals surface area contributed by atoms with Crippen molar-refractivity contribution in [1.29, 1.82) is 0 Å². The molecule has 1 heterocycles. The molecule has 2 N–H and O–H groups in total. The standard InChI is InChI=1S/C13H26N2O2S/c1-11-2-4-13(5-3-11)15-18(16,17)10-12-6-8-14-9-7-12/h11-15H,2-10H2,1H3. The summed E-state index contributed by atoms with van der Waals surface area (Å²) in [5.41, 5.74) is 0. The fraction of sp³-hybridized carbons (Fsp3) is 1.00. The minimum Gasteiger partial charge on any atom is -0.317 e. The van der Waals surface area contributed by atoms with Crippen molar-refractivity contribution in [3.63, 3.8) is 0 Å². The zero-order valence-corrected chi connectivity index (χ0v) is 12.1. The number of rotatable bonds is 4. The van der Waals surface area contributed by atoms with E-state index < -0.39 is 10.0 Å². The van der Waals surface area contributed by atoms with Gasteiger partial charge in [0, 0.05) is 6.04 Å². The van der Waals surface area contributed by atoms with Crippen LogP contribution in [0.4, 0.5) is 0 Å². The van der Waals surface area contributed by atoms with Gasteiger partial charge in [0.2, 0.25) is 10.0 Å². The van der Waals surface area contributed by atoms with E-state index in [4.69, 9.17) is 0 Å². The van der Waals surface area contributed by atoms with Crippen LogP contribution in [0.15, 0.2) is 0 Å². The van der Waals surface area contributed by atoms with E-state index in [1.165, 1.54) is 0 Å². The van der Waals surface area contributed by atoms with Gasteiger partial charge in [-0.15, -0.1) is 0 Å². The zero-order valence-electron chi connectivity index (χ0n) is 11.3. The first-order chi connectivity index (χ1) is 8.55. The van der Waals surface area contributed by atoms with Crippen molar-refractivity contribution in [3.8, 4) is 0 Å². The Kier molecular flexibility index (Phi) is 5.04. The van der Waals surface area contributed by atoms with E-state index in [0.29, 0.717) is 11.7 Å². The summed E-state index contributed by atoms with van der Waals surface area (Å²) in [7, 11) is -3.08. The second kappa shape index (κ2) is 6.35. The highest BCUT2D eigenvalue weighted by Crippen LogP contribution is 2.24. The van der Waals surface area contributed by atoms with Gasteiger partial charge in [-0.25, -0.2) is 13.1 Å². The summed E-state index contributed by atoms with van der Waals surface area (Å²) in [6, 6.07) is 0.188. The van der Waals surface area contributed by atoms with Gasteiger partial charge in [-0.2, -0.15) is 0 Å². The Morgan fingerprint density at radius 2 is 1.67 bits per heavy atom. The lowest BCUT2D eigenvalue weighted by Gasteiger charge is -2.28. The Morgan fingerprint density at radius 1 is 1.06 bits per heavy atom. The molecule has 0 amide bonds. The predicted octanol–water partition coefficient (Wildman–Crippen LogP) is 1.48. The van der Waals surface area contributed by atoms with Crippen molar-refractivity contribution in [2.24, 2.45) is 11.8 Å². The van der Waals surface area contributed by atoms with Crippen LogP contribution in [0.3, 0.4) is 0 Å². The second-order valence-corrected chi connectivity index (χ2v) is 7.85. The summed E-state index contributed by atoms with van der Waals surface area (Å²) in [5, 5.41) is 3.27. The normalized spacial score (nSPS) is 31.4. The largest absolute Gasteiger partial charge is 0.317 e. The third-order valence-electron chi connectivity index (χ3n) is 4.28. The minimum atomic E-state index is -3.08. The maximum Gasteiger partial charge on any atom is 0.212 e.